The van der Waals surface area contributed by atoms with E-state index in [1.807, 2.05) is 0 Å². The fraction of sp³-hybridized carbons (Fsp3) is 0.346. The first-order valence-corrected chi connectivity index (χ1v) is 28.2. The molecule has 2 aromatic heterocycles. The molecule has 0 bridgehead atoms. The number of nitrogens with zero attached hydrogens (tertiary/aromatic N) is 2. The predicted molar refractivity (Wildman–Crippen MR) is 295 cm³/mol. The van der Waals surface area contributed by atoms with Crippen LogP contribution in [-0.4, -0.2) is 131 Å². The standard InChI is InChI=1S/C29H37Cl2N3O7Si.C23H23Cl2N3O7/c1-29(2,3)42(5,6)41-12-11-32-24(36)16-40-23-14-21-19(25(30)26(23)31)13-22(34(21)4)27(37)33-20(15-35)17-7-9-18(10-8-17)28(38)39;1-28-16-9-18(35-11-19(31)26-6-7-29)21(25)20(24)14(16)8-17(28)22(32)27-15(10-30)12-2-4-13(5-3-12)23(33)34/h7-10,13-14,20,35H,11-12,15-16H2,1-6H3,(H,32,36)(H,33,37)(H,38,39);2-5,8-9,15,29-30H,6-7,10-11H2,1H3,(H,26,31)(H,27,32)(H,33,34)/t20-;15-/m11/s1. The van der Waals surface area contributed by atoms with Crippen LogP contribution in [0.25, 0.3) is 21.8 Å². The number of aromatic nitrogens is 2. The lowest BCUT2D eigenvalue weighted by Gasteiger charge is -2.36. The van der Waals surface area contributed by atoms with E-state index < -0.39 is 63.3 Å². The Balaban J connectivity index is 0.000000289. The molecule has 0 unspecified atom stereocenters. The molecule has 6 rings (SSSR count). The topological polar surface area (TPSA) is 289 Å². The zero-order chi connectivity index (χ0) is 57.1. The van der Waals surface area contributed by atoms with Gasteiger partial charge in [0.05, 0.1) is 70.7 Å². The number of aryl methyl sites for hydroxylation is 2. The van der Waals surface area contributed by atoms with E-state index in [1.54, 1.807) is 47.5 Å². The van der Waals surface area contributed by atoms with Gasteiger partial charge in [-0.2, -0.15) is 0 Å². The van der Waals surface area contributed by atoms with Gasteiger partial charge in [-0.15, -0.1) is 0 Å². The van der Waals surface area contributed by atoms with Crippen molar-refractivity contribution in [2.45, 2.75) is 51.0 Å². The van der Waals surface area contributed by atoms with Gasteiger partial charge in [0.2, 0.25) is 0 Å². The van der Waals surface area contributed by atoms with Crippen LogP contribution in [0.4, 0.5) is 0 Å². The number of benzene rings is 4. The lowest BCUT2D eigenvalue weighted by Crippen LogP contribution is -2.43. The number of hydrogen-bond donors (Lipinski definition) is 9. The monoisotopic (exact) mass is 1160 g/mol. The predicted octanol–water partition coefficient (Wildman–Crippen LogP) is 7.30. The third-order valence-electron chi connectivity index (χ3n) is 12.8. The van der Waals surface area contributed by atoms with E-state index in [9.17, 15) is 39.0 Å². The van der Waals surface area contributed by atoms with Crippen LogP contribution in [0.15, 0.2) is 72.8 Å². The molecular weight excluding hydrogens is 1100 g/mol. The van der Waals surface area contributed by atoms with Crippen molar-refractivity contribution < 1.29 is 68.2 Å². The molecule has 0 aliphatic rings. The van der Waals surface area contributed by atoms with Crippen molar-refractivity contribution in [1.82, 2.24) is 30.4 Å². The maximum Gasteiger partial charge on any atom is 0.335 e. The van der Waals surface area contributed by atoms with Gasteiger partial charge >= 0.3 is 11.9 Å². The summed E-state index contributed by atoms with van der Waals surface area (Å²) in [5.74, 6) is -3.64. The molecule has 0 aliphatic carbocycles. The minimum Gasteiger partial charge on any atom is -0.482 e. The van der Waals surface area contributed by atoms with Gasteiger partial charge in [0.1, 0.15) is 32.9 Å². The fourth-order valence-electron chi connectivity index (χ4n) is 7.36. The smallest absolute Gasteiger partial charge is 0.335 e. The van der Waals surface area contributed by atoms with Gasteiger partial charge in [-0.05, 0) is 65.7 Å². The molecule has 0 spiro atoms. The number of aromatic carboxylic acids is 2. The zero-order valence-corrected chi connectivity index (χ0v) is 47.1. The van der Waals surface area contributed by atoms with Crippen LogP contribution in [0.5, 0.6) is 11.5 Å². The van der Waals surface area contributed by atoms with E-state index >= 15 is 0 Å². The van der Waals surface area contributed by atoms with E-state index in [2.05, 4.69) is 55.1 Å². The Kier molecular flexibility index (Phi) is 21.4. The summed E-state index contributed by atoms with van der Waals surface area (Å²) >= 11 is 25.7. The third-order valence-corrected chi connectivity index (χ3v) is 19.1. The van der Waals surface area contributed by atoms with Crippen LogP contribution in [0, 0.1) is 0 Å². The molecule has 25 heteroatoms. The van der Waals surface area contributed by atoms with Crippen molar-refractivity contribution in [3.8, 4) is 11.5 Å². The van der Waals surface area contributed by atoms with Gasteiger partial charge in [-0.25, -0.2) is 9.59 Å². The highest BCUT2D eigenvalue weighted by Gasteiger charge is 2.37. The number of halogens is 4. The molecule has 0 radical (unpaired) electrons. The molecule has 414 valence electrons. The fourth-order valence-corrected chi connectivity index (χ4v) is 9.31. The number of aliphatic hydroxyl groups is 3. The summed E-state index contributed by atoms with van der Waals surface area (Å²) in [5, 5.41) is 58.8. The molecule has 0 saturated heterocycles. The quantitative estimate of drug-likeness (QED) is 0.0238. The lowest BCUT2D eigenvalue weighted by molar-refractivity contribution is -0.123. The second-order valence-electron chi connectivity index (χ2n) is 18.9. The Labute approximate surface area is 464 Å². The van der Waals surface area contributed by atoms with E-state index in [4.69, 9.17) is 75.6 Å². The second kappa shape index (κ2) is 26.8. The minimum absolute atomic E-state index is 0.0680. The minimum atomic E-state index is -1.91. The number of rotatable bonds is 22. The van der Waals surface area contributed by atoms with Crippen molar-refractivity contribution >= 4 is 112 Å². The first-order valence-electron chi connectivity index (χ1n) is 23.7. The highest BCUT2D eigenvalue weighted by Crippen LogP contribution is 2.42. The Morgan fingerprint density at radius 1 is 0.597 bits per heavy atom. The Bertz CT molecular complexity index is 3140. The van der Waals surface area contributed by atoms with E-state index in [0.717, 1.165) is 0 Å². The number of carbonyl (C=O) groups is 6. The van der Waals surface area contributed by atoms with Crippen molar-refractivity contribution in [1.29, 1.82) is 0 Å². The summed E-state index contributed by atoms with van der Waals surface area (Å²) in [6.07, 6.45) is 0. The van der Waals surface area contributed by atoms with E-state index in [0.29, 0.717) is 46.1 Å². The number of aliphatic hydroxyl groups excluding tert-OH is 3. The summed E-state index contributed by atoms with van der Waals surface area (Å²) in [7, 11) is 1.38. The highest BCUT2D eigenvalue weighted by molar-refractivity contribution is 6.74. The van der Waals surface area contributed by atoms with Gasteiger partial charge in [-0.3, -0.25) is 19.2 Å². The Morgan fingerprint density at radius 2 is 0.974 bits per heavy atom. The number of carboxylic acid groups (broad SMARTS) is 2. The molecule has 20 nitrogen and oxygen atoms in total. The zero-order valence-electron chi connectivity index (χ0n) is 43.1. The number of carbonyl (C=O) groups excluding carboxylic acids is 4. The van der Waals surface area contributed by atoms with Gasteiger partial charge in [-0.1, -0.05) is 91.4 Å². The molecule has 4 amide bonds. The highest BCUT2D eigenvalue weighted by atomic mass is 35.5. The van der Waals surface area contributed by atoms with Crippen molar-refractivity contribution in [2.24, 2.45) is 14.1 Å². The average molecular weight is 1160 g/mol. The van der Waals surface area contributed by atoms with Gasteiger partial charge < -0.3 is 69.8 Å². The molecule has 0 fully saturated rings. The first-order chi connectivity index (χ1) is 36.2. The van der Waals surface area contributed by atoms with Gasteiger partial charge in [0.15, 0.2) is 21.5 Å². The summed E-state index contributed by atoms with van der Waals surface area (Å²) < 4.78 is 20.4. The molecule has 9 N–H and O–H groups in total. The van der Waals surface area contributed by atoms with Crippen LogP contribution in [0.2, 0.25) is 38.2 Å². The molecule has 77 heavy (non-hydrogen) atoms. The van der Waals surface area contributed by atoms with Crippen molar-refractivity contribution in [2.75, 3.05) is 52.7 Å². The normalized spacial score (nSPS) is 12.3. The van der Waals surface area contributed by atoms with Crippen molar-refractivity contribution in [3.05, 3.63) is 127 Å². The number of amides is 4. The van der Waals surface area contributed by atoms with Gasteiger partial charge in [0.25, 0.3) is 23.6 Å². The molecular formula is C52H60Cl4N6O14Si. The first kappa shape index (κ1) is 61.5. The number of fused-ring (bicyclic) bond motifs is 2. The Hall–Kier alpha value is -6.40. The lowest BCUT2D eigenvalue weighted by atomic mass is 10.1. The third kappa shape index (κ3) is 15.2. The summed E-state index contributed by atoms with van der Waals surface area (Å²) in [6, 6.07) is 16.4. The molecule has 2 heterocycles. The molecule has 6 aromatic rings. The van der Waals surface area contributed by atoms with Crippen molar-refractivity contribution in [3.63, 3.8) is 0 Å². The van der Waals surface area contributed by atoms with E-state index in [-0.39, 0.29) is 91.4 Å². The number of ether oxygens (including phenoxy) is 2. The summed E-state index contributed by atoms with van der Waals surface area (Å²) in [6.45, 7) is 9.90. The average Bonchev–Trinajstić information content (AvgIpc) is 3.92. The largest absolute Gasteiger partial charge is 0.482 e. The maximum atomic E-state index is 13.2. The molecule has 0 saturated carbocycles. The van der Waals surface area contributed by atoms with Crippen LogP contribution in [0.1, 0.15) is 85.7 Å². The summed E-state index contributed by atoms with van der Waals surface area (Å²) in [5.41, 5.74) is 2.75. The van der Waals surface area contributed by atoms with Crippen LogP contribution in [-0.2, 0) is 28.1 Å². The second-order valence-corrected chi connectivity index (χ2v) is 25.3. The van der Waals surface area contributed by atoms with E-state index in [1.165, 1.54) is 48.5 Å². The maximum absolute atomic E-state index is 13.2. The number of hydrogen-bond acceptors (Lipinski definition) is 12. The van der Waals surface area contributed by atoms with Crippen LogP contribution < -0.4 is 30.7 Å². The SMILES string of the molecule is Cn1c(C(=O)N[C@H](CO)c2ccc(C(=O)O)cc2)cc2c(Cl)c(Cl)c(OCC(=O)NCCO)cc21.Cn1c(C(=O)N[C@H](CO)c2ccc(C(=O)O)cc2)cc2c(Cl)c(Cl)c(OCC(=O)NCCO[Si](C)(C)C(C)(C)C)cc21. The molecule has 0 aliphatic heterocycles. The van der Waals surface area contributed by atoms with Gasteiger partial charge in [0, 0.05) is 50.1 Å². The molecule has 4 aromatic carbocycles. The van der Waals surface area contributed by atoms with Crippen LogP contribution in [0.3, 0.4) is 0 Å². The molecule has 2 atom stereocenters. The number of carboxylic acids is 2. The number of nitrogens with one attached hydrogen (secondary N) is 4. The Morgan fingerprint density at radius 3 is 1.31 bits per heavy atom. The van der Waals surface area contributed by atoms with Crippen LogP contribution >= 0.6 is 46.4 Å². The summed E-state index contributed by atoms with van der Waals surface area (Å²) in [4.78, 5) is 72.5.